The summed E-state index contributed by atoms with van der Waals surface area (Å²) in [5.41, 5.74) is 2.84. The Bertz CT molecular complexity index is 1100. The molecule has 0 aliphatic heterocycles. The number of carbonyl (C=O) groups excluding carboxylic acids is 2. The molecule has 0 saturated heterocycles. The number of hydrogen-bond acceptors (Lipinski definition) is 4. The van der Waals surface area contributed by atoms with E-state index in [4.69, 9.17) is 9.47 Å². The lowest BCUT2D eigenvalue weighted by atomic mass is 9.86. The molecule has 5 heteroatoms. The Balaban J connectivity index is 1.68. The Hall–Kier alpha value is -3.60. The molecule has 3 rings (SSSR count). The summed E-state index contributed by atoms with van der Waals surface area (Å²) in [6.45, 7) is 8.07. The van der Waals surface area contributed by atoms with Gasteiger partial charge in [-0.3, -0.25) is 9.59 Å². The first-order chi connectivity index (χ1) is 15.2. The third-order valence-corrected chi connectivity index (χ3v) is 5.13. The molecule has 0 unspecified atom stereocenters. The first-order valence-corrected chi connectivity index (χ1v) is 10.5. The Morgan fingerprint density at radius 1 is 0.844 bits per heavy atom. The summed E-state index contributed by atoms with van der Waals surface area (Å²) in [6, 6.07) is 21.6. The van der Waals surface area contributed by atoms with Gasteiger partial charge in [-0.1, -0.05) is 63.2 Å². The lowest BCUT2D eigenvalue weighted by Gasteiger charge is -2.19. The summed E-state index contributed by atoms with van der Waals surface area (Å²) in [7, 11) is 1.57. The number of amides is 1. The highest BCUT2D eigenvalue weighted by Crippen LogP contribution is 2.24. The van der Waals surface area contributed by atoms with Crippen molar-refractivity contribution in [3.8, 4) is 11.5 Å². The molecule has 0 fully saturated rings. The van der Waals surface area contributed by atoms with Crippen molar-refractivity contribution >= 4 is 17.4 Å². The number of ketones is 1. The van der Waals surface area contributed by atoms with Gasteiger partial charge in [0.15, 0.2) is 11.9 Å². The third-order valence-electron chi connectivity index (χ3n) is 5.13. The van der Waals surface area contributed by atoms with Crippen LogP contribution in [0, 0.1) is 0 Å². The highest BCUT2D eigenvalue weighted by molar-refractivity contribution is 6.09. The molecule has 0 radical (unpaired) electrons. The van der Waals surface area contributed by atoms with Crippen LogP contribution in [0.3, 0.4) is 0 Å². The summed E-state index contributed by atoms with van der Waals surface area (Å²) in [5, 5.41) is 2.82. The predicted molar refractivity (Wildman–Crippen MR) is 127 cm³/mol. The number of rotatable bonds is 7. The first kappa shape index (κ1) is 23.1. The minimum atomic E-state index is -0.730. The maximum atomic E-state index is 12.9. The van der Waals surface area contributed by atoms with Crippen LogP contribution in [-0.4, -0.2) is 24.9 Å². The van der Waals surface area contributed by atoms with E-state index in [1.807, 2.05) is 24.3 Å². The molecule has 5 nitrogen and oxygen atoms in total. The second kappa shape index (κ2) is 9.69. The van der Waals surface area contributed by atoms with Gasteiger partial charge in [0.2, 0.25) is 0 Å². The van der Waals surface area contributed by atoms with Crippen LogP contribution in [0.1, 0.15) is 49.2 Å². The zero-order valence-corrected chi connectivity index (χ0v) is 19.1. The van der Waals surface area contributed by atoms with Crippen LogP contribution in [0.25, 0.3) is 0 Å². The summed E-state index contributed by atoms with van der Waals surface area (Å²) in [5.74, 6) is 0.778. The van der Waals surface area contributed by atoms with Crippen molar-refractivity contribution in [2.75, 3.05) is 12.4 Å². The van der Waals surface area contributed by atoms with Crippen molar-refractivity contribution in [3.05, 3.63) is 89.5 Å². The Kier molecular flexibility index (Phi) is 6.98. The van der Waals surface area contributed by atoms with Gasteiger partial charge >= 0.3 is 0 Å². The van der Waals surface area contributed by atoms with E-state index in [-0.39, 0.29) is 17.1 Å². The molecule has 0 heterocycles. The van der Waals surface area contributed by atoms with E-state index >= 15 is 0 Å². The minimum absolute atomic E-state index is 0.0232. The van der Waals surface area contributed by atoms with Crippen LogP contribution in [0.5, 0.6) is 11.5 Å². The van der Waals surface area contributed by atoms with Crippen LogP contribution in [0.4, 0.5) is 5.69 Å². The van der Waals surface area contributed by atoms with Gasteiger partial charge in [-0.2, -0.15) is 0 Å². The average molecular weight is 432 g/mol. The zero-order valence-electron chi connectivity index (χ0n) is 19.1. The number of carbonyl (C=O) groups is 2. The summed E-state index contributed by atoms with van der Waals surface area (Å²) in [4.78, 5) is 25.5. The lowest BCUT2D eigenvalue weighted by molar-refractivity contribution is -0.122. The van der Waals surface area contributed by atoms with Gasteiger partial charge in [-0.15, -0.1) is 0 Å². The van der Waals surface area contributed by atoms with Crippen molar-refractivity contribution < 1.29 is 19.1 Å². The van der Waals surface area contributed by atoms with Crippen LogP contribution in [0.2, 0.25) is 0 Å². The smallest absolute Gasteiger partial charge is 0.265 e. The van der Waals surface area contributed by atoms with E-state index < -0.39 is 6.10 Å². The molecule has 0 aliphatic rings. The van der Waals surface area contributed by atoms with Crippen molar-refractivity contribution in [1.29, 1.82) is 0 Å². The number of anilines is 1. The minimum Gasteiger partial charge on any atom is -0.497 e. The fraction of sp³-hybridized carbons (Fsp3) is 0.259. The molecular formula is C27H29NO4. The average Bonchev–Trinajstić information content (AvgIpc) is 2.78. The molecular weight excluding hydrogens is 402 g/mol. The molecule has 0 aliphatic carbocycles. The van der Waals surface area contributed by atoms with Crippen LogP contribution < -0.4 is 14.8 Å². The van der Waals surface area contributed by atoms with Gasteiger partial charge in [0, 0.05) is 22.9 Å². The highest BCUT2D eigenvalue weighted by Gasteiger charge is 2.17. The second-order valence-corrected chi connectivity index (χ2v) is 8.67. The van der Waals surface area contributed by atoms with E-state index in [1.165, 1.54) is 5.56 Å². The number of methoxy groups -OCH3 is 1. The SMILES string of the molecule is COc1cccc(O[C@H](C)C(=O)Nc2cccc(C(=O)c3ccc(C(C)(C)C)cc3)c2)c1. The van der Waals surface area contributed by atoms with Crippen molar-refractivity contribution in [2.24, 2.45) is 0 Å². The van der Waals surface area contributed by atoms with E-state index in [0.29, 0.717) is 28.3 Å². The number of hydrogen-bond donors (Lipinski definition) is 1. The number of nitrogens with one attached hydrogen (secondary N) is 1. The maximum absolute atomic E-state index is 12.9. The second-order valence-electron chi connectivity index (χ2n) is 8.67. The standard InChI is InChI=1S/C27H29NO4/c1-18(32-24-11-7-10-23(17-24)31-5)26(30)28-22-9-6-8-20(16-22)25(29)19-12-14-21(15-13-19)27(2,3)4/h6-18H,1-5H3,(H,28,30)/t18-/m1/s1. The fourth-order valence-corrected chi connectivity index (χ4v) is 3.20. The largest absolute Gasteiger partial charge is 0.497 e. The van der Waals surface area contributed by atoms with E-state index in [0.717, 1.165) is 0 Å². The maximum Gasteiger partial charge on any atom is 0.265 e. The van der Waals surface area contributed by atoms with E-state index in [1.54, 1.807) is 62.6 Å². The zero-order chi connectivity index (χ0) is 23.3. The molecule has 1 N–H and O–H groups in total. The van der Waals surface area contributed by atoms with Gasteiger partial charge in [0.05, 0.1) is 7.11 Å². The van der Waals surface area contributed by atoms with E-state index in [9.17, 15) is 9.59 Å². The van der Waals surface area contributed by atoms with Gasteiger partial charge in [0.1, 0.15) is 11.5 Å². The molecule has 0 bridgehead atoms. The van der Waals surface area contributed by atoms with E-state index in [2.05, 4.69) is 26.1 Å². The predicted octanol–water partition coefficient (Wildman–Crippen LogP) is 5.63. The van der Waals surface area contributed by atoms with Crippen molar-refractivity contribution in [1.82, 2.24) is 0 Å². The molecule has 3 aromatic rings. The molecule has 0 aromatic heterocycles. The molecule has 1 amide bonds. The topological polar surface area (TPSA) is 64.6 Å². The molecule has 0 saturated carbocycles. The van der Waals surface area contributed by atoms with Gasteiger partial charge in [-0.25, -0.2) is 0 Å². The Morgan fingerprint density at radius 3 is 2.16 bits per heavy atom. The van der Waals surface area contributed by atoms with Crippen molar-refractivity contribution in [3.63, 3.8) is 0 Å². The van der Waals surface area contributed by atoms with Gasteiger partial charge < -0.3 is 14.8 Å². The molecule has 32 heavy (non-hydrogen) atoms. The monoisotopic (exact) mass is 431 g/mol. The Labute approximate surface area is 189 Å². The van der Waals surface area contributed by atoms with Crippen molar-refractivity contribution in [2.45, 2.75) is 39.2 Å². The quantitative estimate of drug-likeness (QED) is 0.493. The number of ether oxygens (including phenoxy) is 2. The molecule has 1 atom stereocenters. The fourth-order valence-electron chi connectivity index (χ4n) is 3.20. The van der Waals surface area contributed by atoms with Crippen LogP contribution in [-0.2, 0) is 10.2 Å². The third kappa shape index (κ3) is 5.76. The Morgan fingerprint density at radius 2 is 1.50 bits per heavy atom. The molecule has 3 aromatic carbocycles. The van der Waals surface area contributed by atoms with Gasteiger partial charge in [-0.05, 0) is 42.2 Å². The highest BCUT2D eigenvalue weighted by atomic mass is 16.5. The first-order valence-electron chi connectivity index (χ1n) is 10.5. The van der Waals surface area contributed by atoms with Crippen LogP contribution in [0.15, 0.2) is 72.8 Å². The molecule has 166 valence electrons. The number of benzene rings is 3. The summed E-state index contributed by atoms with van der Waals surface area (Å²) in [6.07, 6.45) is -0.730. The summed E-state index contributed by atoms with van der Waals surface area (Å²) < 4.78 is 10.9. The lowest BCUT2D eigenvalue weighted by Crippen LogP contribution is -2.30. The van der Waals surface area contributed by atoms with Gasteiger partial charge in [0.25, 0.3) is 5.91 Å². The van der Waals surface area contributed by atoms with Crippen LogP contribution >= 0.6 is 0 Å². The normalized spacial score (nSPS) is 12.0. The summed E-state index contributed by atoms with van der Waals surface area (Å²) >= 11 is 0. The molecule has 0 spiro atoms.